The van der Waals surface area contributed by atoms with Gasteiger partial charge in [0.25, 0.3) is 0 Å². The Morgan fingerprint density at radius 2 is 1.81 bits per heavy atom. The van der Waals surface area contributed by atoms with Crippen molar-refractivity contribution in [3.8, 4) is 0 Å². The lowest BCUT2D eigenvalue weighted by molar-refractivity contribution is -0.137. The molecule has 0 amide bonds. The molecule has 1 aromatic carbocycles. The largest absolute Gasteiger partial charge is 0.416 e. The summed E-state index contributed by atoms with van der Waals surface area (Å²) in [5, 5.41) is 0. The average Bonchev–Trinajstić information content (AvgIpc) is 2.48. The van der Waals surface area contributed by atoms with E-state index >= 15 is 0 Å². The van der Waals surface area contributed by atoms with E-state index in [9.17, 15) is 13.2 Å². The molecule has 1 heterocycles. The van der Waals surface area contributed by atoms with E-state index in [2.05, 4.69) is 4.90 Å². The minimum atomic E-state index is -4.30. The second-order valence-electron chi connectivity index (χ2n) is 5.34. The van der Waals surface area contributed by atoms with E-state index in [1.807, 2.05) is 0 Å². The maximum atomic E-state index is 12.6. The number of nitrogens with zero attached hydrogens (tertiary/aromatic N) is 1. The molecule has 0 bridgehead atoms. The number of alkyl halides is 3. The van der Waals surface area contributed by atoms with E-state index in [0.717, 1.165) is 43.6 Å². The first-order valence-electron chi connectivity index (χ1n) is 7.09. The van der Waals surface area contributed by atoms with Crippen LogP contribution in [-0.2, 0) is 10.9 Å². The lowest BCUT2D eigenvalue weighted by Gasteiger charge is -2.37. The van der Waals surface area contributed by atoms with Crippen LogP contribution in [0, 0.1) is 0 Å². The Labute approximate surface area is 122 Å². The first-order chi connectivity index (χ1) is 9.95. The van der Waals surface area contributed by atoms with Crippen molar-refractivity contribution in [3.05, 3.63) is 35.4 Å². The molecule has 3 nitrogen and oxygen atoms in total. The van der Waals surface area contributed by atoms with Crippen LogP contribution in [0.5, 0.6) is 0 Å². The smallest absolute Gasteiger partial charge is 0.381 e. The highest BCUT2D eigenvalue weighted by Gasteiger charge is 2.31. The molecule has 118 valence electrons. The number of piperidine rings is 1. The Bertz CT molecular complexity index is 439. The third-order valence-corrected chi connectivity index (χ3v) is 4.10. The molecule has 2 N–H and O–H groups in total. The van der Waals surface area contributed by atoms with Crippen LogP contribution in [0.4, 0.5) is 13.2 Å². The van der Waals surface area contributed by atoms with Crippen molar-refractivity contribution in [2.24, 2.45) is 5.73 Å². The second-order valence-corrected chi connectivity index (χ2v) is 5.34. The van der Waals surface area contributed by atoms with Gasteiger partial charge in [0.2, 0.25) is 0 Å². The fraction of sp³-hybridized carbons (Fsp3) is 0.600. The van der Waals surface area contributed by atoms with E-state index in [0.29, 0.717) is 6.54 Å². The number of nitrogens with two attached hydrogens (primary N) is 1. The Kier molecular flexibility index (Phi) is 5.24. The molecule has 0 spiro atoms. The molecule has 0 saturated carbocycles. The van der Waals surface area contributed by atoms with Gasteiger partial charge < -0.3 is 10.5 Å². The maximum Gasteiger partial charge on any atom is 0.416 e. The molecule has 1 aliphatic rings. The number of hydrogen-bond donors (Lipinski definition) is 1. The monoisotopic (exact) mass is 302 g/mol. The minimum absolute atomic E-state index is 0.0370. The van der Waals surface area contributed by atoms with Gasteiger partial charge in [0.05, 0.1) is 11.7 Å². The van der Waals surface area contributed by atoms with Crippen LogP contribution >= 0.6 is 0 Å². The van der Waals surface area contributed by atoms with Gasteiger partial charge in [0.15, 0.2) is 0 Å². The summed E-state index contributed by atoms with van der Waals surface area (Å²) in [5.74, 6) is 0. The van der Waals surface area contributed by atoms with Crippen LogP contribution in [0.3, 0.4) is 0 Å². The molecule has 0 radical (unpaired) electrons. The maximum absolute atomic E-state index is 12.6. The second kappa shape index (κ2) is 6.77. The van der Waals surface area contributed by atoms with Crippen molar-refractivity contribution in [2.45, 2.75) is 31.2 Å². The molecule has 1 saturated heterocycles. The first-order valence-corrected chi connectivity index (χ1v) is 7.09. The van der Waals surface area contributed by atoms with Crippen LogP contribution < -0.4 is 5.73 Å². The Hall–Kier alpha value is -1.11. The number of rotatable bonds is 4. The zero-order chi connectivity index (χ0) is 15.5. The molecule has 1 aliphatic heterocycles. The van der Waals surface area contributed by atoms with Gasteiger partial charge in [-0.15, -0.1) is 0 Å². The summed E-state index contributed by atoms with van der Waals surface area (Å²) in [6, 6.07) is 5.27. The van der Waals surface area contributed by atoms with E-state index in [-0.39, 0.29) is 12.1 Å². The van der Waals surface area contributed by atoms with Gasteiger partial charge in [-0.1, -0.05) is 12.1 Å². The van der Waals surface area contributed by atoms with E-state index in [1.165, 1.54) is 12.1 Å². The fourth-order valence-corrected chi connectivity index (χ4v) is 2.81. The van der Waals surface area contributed by atoms with Crippen molar-refractivity contribution in [2.75, 3.05) is 26.7 Å². The molecular weight excluding hydrogens is 281 g/mol. The van der Waals surface area contributed by atoms with Gasteiger partial charge in [-0.25, -0.2) is 0 Å². The van der Waals surface area contributed by atoms with Crippen molar-refractivity contribution in [1.29, 1.82) is 0 Å². The molecule has 0 aromatic heterocycles. The van der Waals surface area contributed by atoms with Gasteiger partial charge in [-0.05, 0) is 30.5 Å². The lowest BCUT2D eigenvalue weighted by Crippen LogP contribution is -2.41. The summed E-state index contributed by atoms with van der Waals surface area (Å²) in [4.78, 5) is 2.22. The van der Waals surface area contributed by atoms with E-state index in [1.54, 1.807) is 7.11 Å². The van der Waals surface area contributed by atoms with Crippen molar-refractivity contribution >= 4 is 0 Å². The number of likely N-dealkylation sites (tertiary alicyclic amines) is 1. The molecule has 6 heteroatoms. The third-order valence-electron chi connectivity index (χ3n) is 4.10. The summed E-state index contributed by atoms with van der Waals surface area (Å²) in [7, 11) is 1.70. The Morgan fingerprint density at radius 3 is 2.24 bits per heavy atom. The Morgan fingerprint density at radius 1 is 1.24 bits per heavy atom. The highest BCUT2D eigenvalue weighted by atomic mass is 19.4. The molecule has 1 unspecified atom stereocenters. The summed E-state index contributed by atoms with van der Waals surface area (Å²) in [5.41, 5.74) is 6.04. The molecular formula is C15H21F3N2O. The molecule has 21 heavy (non-hydrogen) atoms. The van der Waals surface area contributed by atoms with E-state index in [4.69, 9.17) is 10.5 Å². The highest BCUT2D eigenvalue weighted by molar-refractivity contribution is 5.27. The standard InChI is InChI=1S/C15H21F3N2O/c1-21-13-6-8-20(9-7-13)14(10-19)11-2-4-12(5-3-11)15(16,17)18/h2-5,13-14H,6-10,19H2,1H3. The number of ether oxygens (including phenoxy) is 1. The SMILES string of the molecule is COC1CCN(C(CN)c2ccc(C(F)(F)F)cc2)CC1. The number of benzene rings is 1. The van der Waals surface area contributed by atoms with E-state index < -0.39 is 11.7 Å². The van der Waals surface area contributed by atoms with Gasteiger partial charge in [0.1, 0.15) is 0 Å². The van der Waals surface area contributed by atoms with Crippen molar-refractivity contribution in [1.82, 2.24) is 4.90 Å². The van der Waals surface area contributed by atoms with Crippen LogP contribution in [0.15, 0.2) is 24.3 Å². The van der Waals surface area contributed by atoms with Gasteiger partial charge in [-0.3, -0.25) is 4.90 Å². The molecule has 0 aliphatic carbocycles. The molecule has 2 rings (SSSR count). The fourth-order valence-electron chi connectivity index (χ4n) is 2.81. The van der Waals surface area contributed by atoms with Gasteiger partial charge >= 0.3 is 6.18 Å². The zero-order valence-corrected chi connectivity index (χ0v) is 12.1. The highest BCUT2D eigenvalue weighted by Crippen LogP contribution is 2.31. The van der Waals surface area contributed by atoms with Crippen molar-refractivity contribution < 1.29 is 17.9 Å². The number of halogens is 3. The third kappa shape index (κ3) is 3.96. The average molecular weight is 302 g/mol. The molecule has 1 fully saturated rings. The van der Waals surface area contributed by atoms with Crippen LogP contribution in [0.25, 0.3) is 0 Å². The minimum Gasteiger partial charge on any atom is -0.381 e. The number of hydrogen-bond acceptors (Lipinski definition) is 3. The number of methoxy groups -OCH3 is 1. The van der Waals surface area contributed by atoms with Crippen molar-refractivity contribution in [3.63, 3.8) is 0 Å². The quantitative estimate of drug-likeness (QED) is 0.929. The molecule has 1 atom stereocenters. The normalized spacial score (nSPS) is 19.7. The summed E-state index contributed by atoms with van der Waals surface area (Å²) < 4.78 is 43.1. The van der Waals surface area contributed by atoms with Gasteiger partial charge in [0, 0.05) is 32.8 Å². The van der Waals surface area contributed by atoms with Crippen LogP contribution in [0.1, 0.15) is 30.0 Å². The van der Waals surface area contributed by atoms with Gasteiger partial charge in [-0.2, -0.15) is 13.2 Å². The summed E-state index contributed by atoms with van der Waals surface area (Å²) in [6.07, 6.45) is -2.18. The predicted molar refractivity (Wildman–Crippen MR) is 74.8 cm³/mol. The van der Waals surface area contributed by atoms with Crippen LogP contribution in [-0.4, -0.2) is 37.7 Å². The molecule has 1 aromatic rings. The topological polar surface area (TPSA) is 38.5 Å². The summed E-state index contributed by atoms with van der Waals surface area (Å²) >= 11 is 0. The predicted octanol–water partition coefficient (Wildman–Crippen LogP) is 2.82. The summed E-state index contributed by atoms with van der Waals surface area (Å²) in [6.45, 7) is 2.09. The Balaban J connectivity index is 2.07. The van der Waals surface area contributed by atoms with Crippen LogP contribution in [0.2, 0.25) is 0 Å². The zero-order valence-electron chi connectivity index (χ0n) is 12.1. The first kappa shape index (κ1) is 16.3. The lowest BCUT2D eigenvalue weighted by atomic mass is 9.99.